The first-order chi connectivity index (χ1) is 8.38. The lowest BCUT2D eigenvalue weighted by atomic mass is 9.75. The summed E-state index contributed by atoms with van der Waals surface area (Å²) in [5.41, 5.74) is -2.00. The van der Waals surface area contributed by atoms with Gasteiger partial charge in [0.05, 0.1) is 6.42 Å². The van der Waals surface area contributed by atoms with Crippen LogP contribution in [0.2, 0.25) is 0 Å². The third-order valence-electron chi connectivity index (χ3n) is 3.30. The summed E-state index contributed by atoms with van der Waals surface area (Å²) in [4.78, 5) is 34.0. The van der Waals surface area contributed by atoms with E-state index in [9.17, 15) is 24.8 Å². The second kappa shape index (κ2) is 3.99. The number of nitro groups is 1. The van der Waals surface area contributed by atoms with Gasteiger partial charge in [0.2, 0.25) is 17.4 Å². The van der Waals surface area contributed by atoms with E-state index in [1.165, 1.54) is 12.1 Å². The molecule has 0 spiro atoms. The molecular formula is C12H11NO5. The summed E-state index contributed by atoms with van der Waals surface area (Å²) >= 11 is 0. The molecule has 1 aliphatic carbocycles. The predicted octanol–water partition coefficient (Wildman–Crippen LogP) is 0.852. The zero-order valence-corrected chi connectivity index (χ0v) is 9.62. The topological polar surface area (TPSA) is 97.5 Å². The number of ketones is 2. The van der Waals surface area contributed by atoms with Gasteiger partial charge >= 0.3 is 0 Å². The fourth-order valence-corrected chi connectivity index (χ4v) is 2.09. The van der Waals surface area contributed by atoms with Gasteiger partial charge < -0.3 is 5.11 Å². The van der Waals surface area contributed by atoms with Gasteiger partial charge in [0, 0.05) is 23.0 Å². The van der Waals surface area contributed by atoms with Crippen LogP contribution in [-0.2, 0) is 0 Å². The Morgan fingerprint density at radius 3 is 2.44 bits per heavy atom. The van der Waals surface area contributed by atoms with Gasteiger partial charge in [0.1, 0.15) is 0 Å². The minimum absolute atomic E-state index is 0.0463. The Hall–Kier alpha value is -2.08. The van der Waals surface area contributed by atoms with Crippen LogP contribution in [0, 0.1) is 10.1 Å². The van der Waals surface area contributed by atoms with Gasteiger partial charge in [-0.25, -0.2) is 0 Å². The van der Waals surface area contributed by atoms with E-state index in [1.54, 1.807) is 12.1 Å². The van der Waals surface area contributed by atoms with Gasteiger partial charge in [0.25, 0.3) is 0 Å². The van der Waals surface area contributed by atoms with E-state index >= 15 is 0 Å². The van der Waals surface area contributed by atoms with Crippen molar-refractivity contribution in [1.29, 1.82) is 0 Å². The van der Waals surface area contributed by atoms with Crippen molar-refractivity contribution in [1.82, 2.24) is 0 Å². The van der Waals surface area contributed by atoms with Crippen LogP contribution in [0.25, 0.3) is 0 Å². The molecule has 6 heteroatoms. The molecule has 1 aromatic rings. The predicted molar refractivity (Wildman–Crippen MR) is 61.1 cm³/mol. The molecule has 0 saturated carbocycles. The molecule has 0 fully saturated rings. The summed E-state index contributed by atoms with van der Waals surface area (Å²) < 4.78 is 0. The quantitative estimate of drug-likeness (QED) is 0.619. The molecule has 1 aliphatic rings. The molecule has 0 heterocycles. The van der Waals surface area contributed by atoms with E-state index in [1.807, 2.05) is 0 Å². The van der Waals surface area contributed by atoms with Crippen LogP contribution in [0.15, 0.2) is 24.3 Å². The highest BCUT2D eigenvalue weighted by molar-refractivity contribution is 6.18. The molecule has 0 amide bonds. The summed E-state index contributed by atoms with van der Waals surface area (Å²) in [7, 11) is 0. The number of carbonyl (C=O) groups excluding carboxylic acids is 2. The number of carbonyl (C=O) groups is 2. The highest BCUT2D eigenvalue weighted by Crippen LogP contribution is 2.32. The van der Waals surface area contributed by atoms with Crippen molar-refractivity contribution >= 4 is 11.6 Å². The molecule has 1 N–H and O–H groups in total. The smallest absolute Gasteiger partial charge is 0.246 e. The van der Waals surface area contributed by atoms with Gasteiger partial charge in [-0.2, -0.15) is 0 Å². The van der Waals surface area contributed by atoms with Crippen molar-refractivity contribution < 1.29 is 19.6 Å². The van der Waals surface area contributed by atoms with Crippen LogP contribution in [0.5, 0.6) is 0 Å². The minimum Gasteiger partial charge on any atom is -0.375 e. The average molecular weight is 249 g/mol. The highest BCUT2D eigenvalue weighted by atomic mass is 16.6. The number of rotatable bonds is 2. The number of hydrogen-bond acceptors (Lipinski definition) is 5. The molecule has 0 bridgehead atoms. The Labute approximate surface area is 102 Å². The monoisotopic (exact) mass is 249 g/mol. The van der Waals surface area contributed by atoms with E-state index in [2.05, 4.69) is 0 Å². The lowest BCUT2D eigenvalue weighted by Gasteiger charge is -2.31. The molecule has 0 aromatic heterocycles. The number of Topliss-reactive ketones (excluding diaryl/α,β-unsaturated/α-hetero) is 2. The lowest BCUT2D eigenvalue weighted by molar-refractivity contribution is -0.535. The number of benzene rings is 1. The van der Waals surface area contributed by atoms with Crippen molar-refractivity contribution in [2.75, 3.05) is 0 Å². The standard InChI is InChI=1S/C12H11NO5/c1-7(13(17)18)12(16)6-10(14)8-4-2-3-5-9(8)11(12)15/h2-5,7,16H,6H2,1H3/t7-,12+/m0/s1. The zero-order chi connectivity index (χ0) is 13.5. The summed E-state index contributed by atoms with van der Waals surface area (Å²) in [6.45, 7) is 1.12. The van der Waals surface area contributed by atoms with Crippen molar-refractivity contribution in [2.24, 2.45) is 0 Å². The molecule has 18 heavy (non-hydrogen) atoms. The number of aliphatic hydroxyl groups is 1. The van der Waals surface area contributed by atoms with Crippen LogP contribution < -0.4 is 0 Å². The molecule has 6 nitrogen and oxygen atoms in total. The van der Waals surface area contributed by atoms with E-state index in [0.717, 1.165) is 6.92 Å². The summed E-state index contributed by atoms with van der Waals surface area (Å²) in [5.74, 6) is -1.22. The van der Waals surface area contributed by atoms with E-state index in [-0.39, 0.29) is 11.1 Å². The van der Waals surface area contributed by atoms with Crippen molar-refractivity contribution in [3.8, 4) is 0 Å². The molecule has 0 unspecified atom stereocenters. The number of nitrogens with zero attached hydrogens (tertiary/aromatic N) is 1. The first kappa shape index (κ1) is 12.4. The third-order valence-corrected chi connectivity index (χ3v) is 3.30. The Balaban J connectivity index is 2.55. The maximum atomic E-state index is 12.1. The molecule has 2 rings (SSSR count). The molecule has 0 saturated heterocycles. The van der Waals surface area contributed by atoms with Crippen LogP contribution in [-0.4, -0.2) is 33.2 Å². The van der Waals surface area contributed by atoms with Crippen molar-refractivity contribution in [3.05, 3.63) is 45.5 Å². The molecule has 1 aromatic carbocycles. The Kier molecular flexibility index (Phi) is 2.74. The molecule has 0 aliphatic heterocycles. The molecular weight excluding hydrogens is 238 g/mol. The molecule has 94 valence electrons. The van der Waals surface area contributed by atoms with Gasteiger partial charge in [0.15, 0.2) is 5.78 Å². The summed E-state index contributed by atoms with van der Waals surface area (Å²) in [6.07, 6.45) is -0.551. The second-order valence-electron chi connectivity index (χ2n) is 4.36. The minimum atomic E-state index is -2.26. The lowest BCUT2D eigenvalue weighted by Crippen LogP contribution is -2.55. The Morgan fingerprint density at radius 1 is 1.33 bits per heavy atom. The van der Waals surface area contributed by atoms with Crippen LogP contribution in [0.3, 0.4) is 0 Å². The van der Waals surface area contributed by atoms with Crippen molar-refractivity contribution in [2.45, 2.75) is 25.0 Å². The van der Waals surface area contributed by atoms with Crippen LogP contribution in [0.4, 0.5) is 0 Å². The maximum absolute atomic E-state index is 12.1. The maximum Gasteiger partial charge on any atom is 0.246 e. The average Bonchev–Trinajstić information content (AvgIpc) is 2.35. The van der Waals surface area contributed by atoms with Gasteiger partial charge in [-0.05, 0) is 0 Å². The van der Waals surface area contributed by atoms with Gasteiger partial charge in [-0.3, -0.25) is 19.7 Å². The first-order valence-corrected chi connectivity index (χ1v) is 5.41. The number of hydrogen-bond donors (Lipinski definition) is 1. The third kappa shape index (κ3) is 1.62. The number of fused-ring (bicyclic) bond motifs is 1. The Bertz CT molecular complexity index is 553. The van der Waals surface area contributed by atoms with E-state index < -0.39 is 34.6 Å². The first-order valence-electron chi connectivity index (χ1n) is 5.41. The van der Waals surface area contributed by atoms with E-state index in [0.29, 0.717) is 0 Å². The van der Waals surface area contributed by atoms with Crippen LogP contribution in [0.1, 0.15) is 34.1 Å². The zero-order valence-electron chi connectivity index (χ0n) is 9.62. The highest BCUT2D eigenvalue weighted by Gasteiger charge is 2.53. The largest absolute Gasteiger partial charge is 0.375 e. The SMILES string of the molecule is C[C@H]([N+](=O)[O-])[C@]1(O)CC(=O)c2ccccc2C1=O. The fraction of sp³-hybridized carbons (Fsp3) is 0.333. The van der Waals surface area contributed by atoms with Crippen molar-refractivity contribution in [3.63, 3.8) is 0 Å². The second-order valence-corrected chi connectivity index (χ2v) is 4.36. The molecule has 2 atom stereocenters. The normalized spacial score (nSPS) is 24.6. The summed E-state index contributed by atoms with van der Waals surface area (Å²) in [5, 5.41) is 20.9. The van der Waals surface area contributed by atoms with Crippen LogP contribution >= 0.6 is 0 Å². The van der Waals surface area contributed by atoms with Gasteiger partial charge in [-0.1, -0.05) is 24.3 Å². The summed E-state index contributed by atoms with van der Waals surface area (Å²) in [6, 6.07) is 4.50. The Morgan fingerprint density at radius 2 is 1.89 bits per heavy atom. The van der Waals surface area contributed by atoms with E-state index in [4.69, 9.17) is 0 Å². The fourth-order valence-electron chi connectivity index (χ4n) is 2.09. The molecule has 0 radical (unpaired) electrons. The van der Waals surface area contributed by atoms with Gasteiger partial charge in [-0.15, -0.1) is 0 Å².